The van der Waals surface area contributed by atoms with Gasteiger partial charge in [-0.1, -0.05) is 48.5 Å². The molecule has 0 aliphatic carbocycles. The Bertz CT molecular complexity index is 696. The molecule has 0 bridgehead atoms. The van der Waals surface area contributed by atoms with Gasteiger partial charge in [0.05, 0.1) is 0 Å². The Hall–Kier alpha value is -2.42. The van der Waals surface area contributed by atoms with Crippen LogP contribution in [0.3, 0.4) is 0 Å². The average Bonchev–Trinajstić information content (AvgIpc) is 2.67. The van der Waals surface area contributed by atoms with Crippen molar-refractivity contribution in [2.24, 2.45) is 0 Å². The van der Waals surface area contributed by atoms with Crippen LogP contribution >= 0.6 is 0 Å². The molecule has 124 valence electrons. The molecule has 1 saturated heterocycles. The van der Waals surface area contributed by atoms with Crippen molar-refractivity contribution in [2.45, 2.75) is 38.1 Å². The van der Waals surface area contributed by atoms with Crippen molar-refractivity contribution in [3.8, 4) is 11.1 Å². The highest BCUT2D eigenvalue weighted by Crippen LogP contribution is 2.28. The zero-order chi connectivity index (χ0) is 16.8. The normalized spacial score (nSPS) is 17.5. The van der Waals surface area contributed by atoms with Crippen LogP contribution < -0.4 is 0 Å². The molecular formula is C21H23NO2. The largest absolute Gasteiger partial charge is 0.336 e. The van der Waals surface area contributed by atoms with Gasteiger partial charge in [-0.25, -0.2) is 0 Å². The van der Waals surface area contributed by atoms with Crippen molar-refractivity contribution < 1.29 is 9.59 Å². The van der Waals surface area contributed by atoms with Crippen molar-refractivity contribution in [1.82, 2.24) is 4.90 Å². The molecule has 0 N–H and O–H groups in total. The summed E-state index contributed by atoms with van der Waals surface area (Å²) in [6, 6.07) is 18.0. The number of carbonyl (C=O) groups is 2. The summed E-state index contributed by atoms with van der Waals surface area (Å²) < 4.78 is 0. The molecule has 0 saturated carbocycles. The smallest absolute Gasteiger partial charge is 0.254 e. The number of aldehydes is 1. The summed E-state index contributed by atoms with van der Waals surface area (Å²) in [6.45, 7) is 0.783. The van der Waals surface area contributed by atoms with Gasteiger partial charge in [-0.3, -0.25) is 4.79 Å². The van der Waals surface area contributed by atoms with Crippen molar-refractivity contribution in [2.75, 3.05) is 6.54 Å². The summed E-state index contributed by atoms with van der Waals surface area (Å²) in [5.74, 6) is 0.0880. The second-order valence-electron chi connectivity index (χ2n) is 6.30. The standard InChI is InChI=1S/C21H23NO2/c23-16-8-12-18-11-6-7-15-22(18)21(24)20-14-5-4-13-19(20)17-9-2-1-3-10-17/h1-5,9-10,13-14,16,18H,6-8,11-12,15H2. The van der Waals surface area contributed by atoms with Gasteiger partial charge in [0.1, 0.15) is 6.29 Å². The van der Waals surface area contributed by atoms with Crippen molar-refractivity contribution in [3.63, 3.8) is 0 Å². The summed E-state index contributed by atoms with van der Waals surface area (Å²) in [5, 5.41) is 0. The fourth-order valence-corrected chi connectivity index (χ4v) is 3.52. The minimum atomic E-state index is 0.0880. The van der Waals surface area contributed by atoms with Gasteiger partial charge in [0.25, 0.3) is 5.91 Å². The molecule has 1 aliphatic rings. The van der Waals surface area contributed by atoms with E-state index in [1.807, 2.05) is 59.5 Å². The molecule has 2 aromatic carbocycles. The van der Waals surface area contributed by atoms with E-state index < -0.39 is 0 Å². The second kappa shape index (κ2) is 7.91. The minimum Gasteiger partial charge on any atom is -0.336 e. The highest BCUT2D eigenvalue weighted by molar-refractivity contribution is 6.01. The average molecular weight is 321 g/mol. The molecular weight excluding hydrogens is 298 g/mol. The fraction of sp³-hybridized carbons (Fsp3) is 0.333. The van der Waals surface area contributed by atoms with Crippen LogP contribution in [0, 0.1) is 0 Å². The monoisotopic (exact) mass is 321 g/mol. The highest BCUT2D eigenvalue weighted by Gasteiger charge is 2.28. The molecule has 0 spiro atoms. The van der Waals surface area contributed by atoms with E-state index in [0.717, 1.165) is 55.2 Å². The molecule has 3 nitrogen and oxygen atoms in total. The summed E-state index contributed by atoms with van der Waals surface area (Å²) in [5.41, 5.74) is 2.78. The summed E-state index contributed by atoms with van der Waals surface area (Å²) >= 11 is 0. The van der Waals surface area contributed by atoms with Gasteiger partial charge in [-0.2, -0.15) is 0 Å². The molecule has 1 amide bonds. The van der Waals surface area contributed by atoms with E-state index in [1.165, 1.54) is 0 Å². The van der Waals surface area contributed by atoms with Gasteiger partial charge in [0, 0.05) is 24.6 Å². The van der Waals surface area contributed by atoms with Gasteiger partial charge in [-0.15, -0.1) is 0 Å². The van der Waals surface area contributed by atoms with Crippen LogP contribution in [-0.2, 0) is 4.79 Å². The summed E-state index contributed by atoms with van der Waals surface area (Å²) in [4.78, 5) is 25.9. The lowest BCUT2D eigenvalue weighted by molar-refractivity contribution is -0.108. The maximum Gasteiger partial charge on any atom is 0.254 e. The van der Waals surface area contributed by atoms with E-state index in [4.69, 9.17) is 0 Å². The van der Waals surface area contributed by atoms with Crippen molar-refractivity contribution in [3.05, 3.63) is 60.2 Å². The molecule has 2 aromatic rings. The summed E-state index contributed by atoms with van der Waals surface area (Å²) in [6.07, 6.45) is 5.41. The van der Waals surface area contributed by atoms with Gasteiger partial charge >= 0.3 is 0 Å². The van der Waals surface area contributed by atoms with E-state index in [2.05, 4.69) is 0 Å². The van der Waals surface area contributed by atoms with E-state index in [-0.39, 0.29) is 11.9 Å². The Labute approximate surface area is 143 Å². The second-order valence-corrected chi connectivity index (χ2v) is 6.30. The van der Waals surface area contributed by atoms with Crippen LogP contribution in [0.4, 0.5) is 0 Å². The van der Waals surface area contributed by atoms with Crippen molar-refractivity contribution >= 4 is 12.2 Å². The SMILES string of the molecule is O=CCCC1CCCCN1C(=O)c1ccccc1-c1ccccc1. The van der Waals surface area contributed by atoms with Crippen LogP contribution in [0.15, 0.2) is 54.6 Å². The number of amides is 1. The number of hydrogen-bond acceptors (Lipinski definition) is 2. The number of benzene rings is 2. The first-order valence-electron chi connectivity index (χ1n) is 8.70. The Morgan fingerprint density at radius 3 is 2.58 bits per heavy atom. The third-order valence-corrected chi connectivity index (χ3v) is 4.75. The zero-order valence-corrected chi connectivity index (χ0v) is 13.9. The van der Waals surface area contributed by atoms with E-state index >= 15 is 0 Å². The Kier molecular flexibility index (Phi) is 5.42. The van der Waals surface area contributed by atoms with Gasteiger partial charge < -0.3 is 9.69 Å². The molecule has 24 heavy (non-hydrogen) atoms. The van der Waals surface area contributed by atoms with E-state index in [9.17, 15) is 9.59 Å². The van der Waals surface area contributed by atoms with Crippen LogP contribution in [0.5, 0.6) is 0 Å². The molecule has 0 radical (unpaired) electrons. The van der Waals surface area contributed by atoms with Crippen LogP contribution in [0.1, 0.15) is 42.5 Å². The lowest BCUT2D eigenvalue weighted by Crippen LogP contribution is -2.43. The third kappa shape index (κ3) is 3.56. The first-order chi connectivity index (χ1) is 11.8. The fourth-order valence-electron chi connectivity index (χ4n) is 3.52. The molecule has 1 unspecified atom stereocenters. The number of piperidine rings is 1. The predicted octanol–water partition coefficient (Wildman–Crippen LogP) is 4.33. The number of carbonyl (C=O) groups excluding carboxylic acids is 2. The van der Waals surface area contributed by atoms with Crippen LogP contribution in [0.2, 0.25) is 0 Å². The maximum atomic E-state index is 13.2. The molecule has 0 aromatic heterocycles. The Balaban J connectivity index is 1.90. The number of likely N-dealkylation sites (tertiary alicyclic amines) is 1. The lowest BCUT2D eigenvalue weighted by atomic mass is 9.94. The number of nitrogens with zero attached hydrogens (tertiary/aromatic N) is 1. The van der Waals surface area contributed by atoms with E-state index in [1.54, 1.807) is 0 Å². The molecule has 1 atom stereocenters. The van der Waals surface area contributed by atoms with E-state index in [0.29, 0.717) is 6.42 Å². The predicted molar refractivity (Wildman–Crippen MR) is 95.9 cm³/mol. The third-order valence-electron chi connectivity index (χ3n) is 4.75. The molecule has 1 heterocycles. The molecule has 1 aliphatic heterocycles. The lowest BCUT2D eigenvalue weighted by Gasteiger charge is -2.36. The topological polar surface area (TPSA) is 37.4 Å². The summed E-state index contributed by atoms with van der Waals surface area (Å²) in [7, 11) is 0. The van der Waals surface area contributed by atoms with Crippen LogP contribution in [-0.4, -0.2) is 29.7 Å². The Morgan fingerprint density at radius 2 is 1.79 bits per heavy atom. The number of hydrogen-bond donors (Lipinski definition) is 0. The first-order valence-corrected chi connectivity index (χ1v) is 8.70. The van der Waals surface area contributed by atoms with Gasteiger partial charge in [0.15, 0.2) is 0 Å². The van der Waals surface area contributed by atoms with Gasteiger partial charge in [-0.05, 0) is 42.9 Å². The number of rotatable bonds is 5. The van der Waals surface area contributed by atoms with Gasteiger partial charge in [0.2, 0.25) is 0 Å². The highest BCUT2D eigenvalue weighted by atomic mass is 16.2. The van der Waals surface area contributed by atoms with Crippen LogP contribution in [0.25, 0.3) is 11.1 Å². The minimum absolute atomic E-state index is 0.0880. The Morgan fingerprint density at radius 1 is 1.04 bits per heavy atom. The van der Waals surface area contributed by atoms with Crippen molar-refractivity contribution in [1.29, 1.82) is 0 Å². The molecule has 3 heteroatoms. The quantitative estimate of drug-likeness (QED) is 0.769. The zero-order valence-electron chi connectivity index (χ0n) is 13.9. The maximum absolute atomic E-state index is 13.2. The molecule has 3 rings (SSSR count). The molecule has 1 fully saturated rings. The first kappa shape index (κ1) is 16.4.